The first-order chi connectivity index (χ1) is 12.8. The number of aliphatic hydroxyl groups is 1. The van der Waals surface area contributed by atoms with Crippen molar-refractivity contribution >= 4 is 29.3 Å². The summed E-state index contributed by atoms with van der Waals surface area (Å²) in [7, 11) is 0. The number of nitrogens with one attached hydrogen (secondary N) is 2. The van der Waals surface area contributed by atoms with Gasteiger partial charge in [-0.15, -0.1) is 11.3 Å². The highest BCUT2D eigenvalue weighted by atomic mass is 32.1. The largest absolute Gasteiger partial charge is 0.491 e. The number of H-pyrrole nitrogens is 1. The lowest BCUT2D eigenvalue weighted by Gasteiger charge is -2.21. The van der Waals surface area contributed by atoms with E-state index in [1.807, 2.05) is 19.1 Å². The molecule has 0 saturated carbocycles. The predicted octanol–water partition coefficient (Wildman–Crippen LogP) is 0.806. The minimum absolute atomic E-state index is 0.0466. The van der Waals surface area contributed by atoms with E-state index in [0.29, 0.717) is 14.9 Å². The third kappa shape index (κ3) is 5.42. The van der Waals surface area contributed by atoms with Crippen molar-refractivity contribution in [3.05, 3.63) is 61.7 Å². The summed E-state index contributed by atoms with van der Waals surface area (Å²) in [5.41, 5.74) is 0.715. The van der Waals surface area contributed by atoms with Gasteiger partial charge in [0.05, 0.1) is 21.3 Å². The monoisotopic (exact) mass is 388 g/mol. The SMILES string of the molecule is C=CNC(C)(C)C(=O)/C=c1\[nH]c(=O)/c(=C/c2ccc(OCCO)c(C)c2)s1. The van der Waals surface area contributed by atoms with E-state index in [4.69, 9.17) is 9.84 Å². The van der Waals surface area contributed by atoms with E-state index >= 15 is 0 Å². The molecule has 0 spiro atoms. The van der Waals surface area contributed by atoms with Crippen molar-refractivity contribution < 1.29 is 14.6 Å². The van der Waals surface area contributed by atoms with E-state index in [1.165, 1.54) is 23.6 Å². The van der Waals surface area contributed by atoms with Crippen LogP contribution in [-0.4, -0.2) is 34.6 Å². The Morgan fingerprint density at radius 3 is 2.81 bits per heavy atom. The molecule has 2 aromatic rings. The fourth-order valence-electron chi connectivity index (χ4n) is 2.38. The molecule has 0 saturated heterocycles. The van der Waals surface area contributed by atoms with Crippen molar-refractivity contribution in [1.29, 1.82) is 0 Å². The summed E-state index contributed by atoms with van der Waals surface area (Å²) in [6.45, 7) is 9.15. The number of Topliss-reactive ketones (excluding diaryl/α,β-unsaturated/α-hetero) is 1. The van der Waals surface area contributed by atoms with Crippen molar-refractivity contribution in [3.63, 3.8) is 0 Å². The van der Waals surface area contributed by atoms with Crippen LogP contribution in [0.5, 0.6) is 5.75 Å². The Hall–Kier alpha value is -2.64. The summed E-state index contributed by atoms with van der Waals surface area (Å²) < 4.78 is 6.43. The Balaban J connectivity index is 2.34. The first kappa shape index (κ1) is 20.7. The number of ether oxygens (including phenoxy) is 1. The van der Waals surface area contributed by atoms with Gasteiger partial charge in [0.15, 0.2) is 5.78 Å². The Bertz CT molecular complexity index is 1000. The minimum atomic E-state index is -0.798. The van der Waals surface area contributed by atoms with Gasteiger partial charge in [-0.05, 0) is 56.3 Å². The van der Waals surface area contributed by atoms with Gasteiger partial charge in [-0.25, -0.2) is 0 Å². The molecule has 7 heteroatoms. The molecule has 0 atom stereocenters. The highest BCUT2D eigenvalue weighted by Crippen LogP contribution is 2.19. The number of carbonyl (C=O) groups is 1. The molecule has 0 amide bonds. The Labute approximate surface area is 161 Å². The average Bonchev–Trinajstić information content (AvgIpc) is 2.93. The van der Waals surface area contributed by atoms with Crippen molar-refractivity contribution in [2.75, 3.05) is 13.2 Å². The molecule has 0 unspecified atom stereocenters. The second kappa shape index (κ2) is 8.83. The highest BCUT2D eigenvalue weighted by Gasteiger charge is 2.23. The van der Waals surface area contributed by atoms with Crippen LogP contribution < -0.4 is 24.8 Å². The van der Waals surface area contributed by atoms with E-state index in [1.54, 1.807) is 26.0 Å². The van der Waals surface area contributed by atoms with Crippen molar-refractivity contribution in [3.8, 4) is 5.75 Å². The first-order valence-electron chi connectivity index (χ1n) is 8.47. The number of ketones is 1. The van der Waals surface area contributed by atoms with Crippen LogP contribution in [0, 0.1) is 6.92 Å². The van der Waals surface area contributed by atoms with Crippen LogP contribution in [-0.2, 0) is 4.79 Å². The van der Waals surface area contributed by atoms with Crippen molar-refractivity contribution in [2.24, 2.45) is 0 Å². The molecule has 27 heavy (non-hydrogen) atoms. The van der Waals surface area contributed by atoms with E-state index in [0.717, 1.165) is 11.1 Å². The lowest BCUT2D eigenvalue weighted by molar-refractivity contribution is -0.117. The molecule has 0 bridgehead atoms. The van der Waals surface area contributed by atoms with Gasteiger partial charge in [-0.3, -0.25) is 9.59 Å². The molecule has 0 aliphatic heterocycles. The van der Waals surface area contributed by atoms with Crippen molar-refractivity contribution in [2.45, 2.75) is 26.3 Å². The van der Waals surface area contributed by atoms with Crippen LogP contribution in [0.25, 0.3) is 12.2 Å². The third-order valence-corrected chi connectivity index (χ3v) is 4.83. The highest BCUT2D eigenvalue weighted by molar-refractivity contribution is 7.07. The summed E-state index contributed by atoms with van der Waals surface area (Å²) >= 11 is 1.22. The number of carbonyl (C=O) groups excluding carboxylic acids is 1. The summed E-state index contributed by atoms with van der Waals surface area (Å²) in [6, 6.07) is 5.54. The molecular formula is C20H24N2O4S. The summed E-state index contributed by atoms with van der Waals surface area (Å²) in [5, 5.41) is 11.7. The Morgan fingerprint density at radius 2 is 2.19 bits per heavy atom. The lowest BCUT2D eigenvalue weighted by Crippen LogP contribution is -2.43. The number of hydrogen-bond acceptors (Lipinski definition) is 6. The molecule has 1 heterocycles. The van der Waals surface area contributed by atoms with E-state index < -0.39 is 5.54 Å². The Morgan fingerprint density at radius 1 is 1.44 bits per heavy atom. The number of thiazole rings is 1. The quantitative estimate of drug-likeness (QED) is 0.622. The zero-order chi connectivity index (χ0) is 20.0. The molecule has 0 aliphatic rings. The van der Waals surface area contributed by atoms with Gasteiger partial charge < -0.3 is 20.1 Å². The summed E-state index contributed by atoms with van der Waals surface area (Å²) in [5.74, 6) is 0.533. The number of rotatable bonds is 8. The van der Waals surface area contributed by atoms with Gasteiger partial charge >= 0.3 is 0 Å². The molecule has 0 radical (unpaired) electrons. The van der Waals surface area contributed by atoms with Gasteiger partial charge in [0.1, 0.15) is 12.4 Å². The van der Waals surface area contributed by atoms with Crippen LogP contribution in [0.2, 0.25) is 0 Å². The number of aryl methyl sites for hydroxylation is 1. The second-order valence-electron chi connectivity index (χ2n) is 6.51. The van der Waals surface area contributed by atoms with Gasteiger partial charge in [-0.1, -0.05) is 12.6 Å². The predicted molar refractivity (Wildman–Crippen MR) is 108 cm³/mol. The maximum absolute atomic E-state index is 12.3. The number of aromatic amines is 1. The normalized spacial score (nSPS) is 12.9. The standard InChI is InChI=1S/C20H24N2O4S/c1-5-21-20(3,4)17(24)12-18-22-19(25)16(27-18)11-14-6-7-15(13(2)10-14)26-9-8-23/h5-7,10-12,21,23H,1,8-9H2,2-4H3,(H,22,25)/b16-11-,18-12+. The molecular weight excluding hydrogens is 364 g/mol. The number of hydrogen-bond donors (Lipinski definition) is 3. The second-order valence-corrected chi connectivity index (χ2v) is 7.59. The molecule has 2 rings (SSSR count). The molecule has 1 aromatic carbocycles. The average molecular weight is 388 g/mol. The molecule has 3 N–H and O–H groups in total. The van der Waals surface area contributed by atoms with Crippen molar-refractivity contribution in [1.82, 2.24) is 10.3 Å². The maximum atomic E-state index is 12.3. The number of aliphatic hydroxyl groups excluding tert-OH is 1. The fourth-order valence-corrected chi connectivity index (χ4v) is 3.27. The minimum Gasteiger partial charge on any atom is -0.491 e. The number of aromatic nitrogens is 1. The van der Waals surface area contributed by atoms with Gasteiger partial charge in [0.2, 0.25) is 0 Å². The van der Waals surface area contributed by atoms with Crippen LogP contribution >= 0.6 is 11.3 Å². The van der Waals surface area contributed by atoms with Gasteiger partial charge in [0, 0.05) is 6.08 Å². The maximum Gasteiger partial charge on any atom is 0.266 e. The molecule has 0 aliphatic carbocycles. The zero-order valence-electron chi connectivity index (χ0n) is 15.7. The van der Waals surface area contributed by atoms with E-state index in [2.05, 4.69) is 16.9 Å². The van der Waals surface area contributed by atoms with Crippen LogP contribution in [0.15, 0.2) is 35.8 Å². The lowest BCUT2D eigenvalue weighted by atomic mass is 10.00. The summed E-state index contributed by atoms with van der Waals surface area (Å²) in [6.07, 6.45) is 4.66. The fraction of sp³-hybridized carbons (Fsp3) is 0.300. The molecule has 144 valence electrons. The summed E-state index contributed by atoms with van der Waals surface area (Å²) in [4.78, 5) is 27.3. The van der Waals surface area contributed by atoms with Crippen LogP contribution in [0.3, 0.4) is 0 Å². The molecule has 6 nitrogen and oxygen atoms in total. The van der Waals surface area contributed by atoms with E-state index in [-0.39, 0.29) is 24.6 Å². The van der Waals surface area contributed by atoms with Crippen LogP contribution in [0.4, 0.5) is 0 Å². The molecule has 1 aromatic heterocycles. The molecule has 0 fully saturated rings. The number of benzene rings is 1. The smallest absolute Gasteiger partial charge is 0.266 e. The Kier molecular flexibility index (Phi) is 6.76. The zero-order valence-corrected chi connectivity index (χ0v) is 16.5. The van der Waals surface area contributed by atoms with Crippen LogP contribution in [0.1, 0.15) is 25.0 Å². The first-order valence-corrected chi connectivity index (χ1v) is 9.28. The van der Waals surface area contributed by atoms with E-state index in [9.17, 15) is 9.59 Å². The van der Waals surface area contributed by atoms with Gasteiger partial charge in [-0.2, -0.15) is 0 Å². The van der Waals surface area contributed by atoms with Gasteiger partial charge in [0.25, 0.3) is 5.56 Å². The topological polar surface area (TPSA) is 91.4 Å². The third-order valence-electron chi connectivity index (χ3n) is 3.87.